The fourth-order valence-electron chi connectivity index (χ4n) is 2.53. The van der Waals surface area contributed by atoms with Gasteiger partial charge in [-0.1, -0.05) is 12.8 Å². The molecule has 5 heteroatoms. The average Bonchev–Trinajstić information content (AvgIpc) is 2.86. The quantitative estimate of drug-likeness (QED) is 0.709. The molecule has 0 radical (unpaired) electrons. The van der Waals surface area contributed by atoms with E-state index < -0.39 is 0 Å². The Bertz CT molecular complexity index is 299. The number of amides is 1. The standard InChI is InChI=1S/C14H26N2O3/c1-11(2)15-13(17)8-9-16(10-14(18)19-3)12-6-4-5-7-12/h11-12H,4-10H2,1-3H3,(H,15,17). The van der Waals surface area contributed by atoms with Crippen LogP contribution in [-0.2, 0) is 14.3 Å². The molecule has 1 aliphatic rings. The van der Waals surface area contributed by atoms with Crippen molar-refractivity contribution in [3.63, 3.8) is 0 Å². The Kier molecular flexibility index (Phi) is 6.84. The first-order valence-corrected chi connectivity index (χ1v) is 7.13. The van der Waals surface area contributed by atoms with E-state index in [2.05, 4.69) is 10.2 Å². The zero-order valence-electron chi connectivity index (χ0n) is 12.3. The number of esters is 1. The Hall–Kier alpha value is -1.10. The summed E-state index contributed by atoms with van der Waals surface area (Å²) in [6.07, 6.45) is 5.08. The van der Waals surface area contributed by atoms with E-state index in [9.17, 15) is 9.59 Å². The van der Waals surface area contributed by atoms with Gasteiger partial charge in [0, 0.05) is 25.0 Å². The number of hydrogen-bond donors (Lipinski definition) is 1. The molecule has 0 unspecified atom stereocenters. The maximum atomic E-state index is 11.7. The van der Waals surface area contributed by atoms with Gasteiger partial charge in [0.05, 0.1) is 13.7 Å². The number of methoxy groups -OCH3 is 1. The van der Waals surface area contributed by atoms with E-state index in [1.54, 1.807) is 0 Å². The highest BCUT2D eigenvalue weighted by molar-refractivity contribution is 5.76. The van der Waals surface area contributed by atoms with Crippen molar-refractivity contribution in [2.24, 2.45) is 0 Å². The molecule has 1 N–H and O–H groups in total. The molecule has 0 heterocycles. The highest BCUT2D eigenvalue weighted by Gasteiger charge is 2.25. The monoisotopic (exact) mass is 270 g/mol. The second-order valence-corrected chi connectivity index (χ2v) is 5.46. The largest absolute Gasteiger partial charge is 0.468 e. The van der Waals surface area contributed by atoms with E-state index in [1.165, 1.54) is 20.0 Å². The predicted octanol–water partition coefficient (Wildman–Crippen LogP) is 1.32. The van der Waals surface area contributed by atoms with E-state index in [-0.39, 0.29) is 24.5 Å². The molecule has 1 aliphatic carbocycles. The van der Waals surface area contributed by atoms with Crippen LogP contribution in [-0.4, -0.2) is 49.1 Å². The van der Waals surface area contributed by atoms with Crippen LogP contribution in [0.15, 0.2) is 0 Å². The summed E-state index contributed by atoms with van der Waals surface area (Å²) in [6, 6.07) is 0.582. The van der Waals surface area contributed by atoms with Crippen LogP contribution in [0.5, 0.6) is 0 Å². The zero-order valence-corrected chi connectivity index (χ0v) is 12.3. The summed E-state index contributed by atoms with van der Waals surface area (Å²) in [7, 11) is 1.40. The first-order valence-electron chi connectivity index (χ1n) is 7.13. The maximum Gasteiger partial charge on any atom is 0.319 e. The summed E-state index contributed by atoms with van der Waals surface area (Å²) in [5, 5.41) is 2.87. The number of carbonyl (C=O) groups excluding carboxylic acids is 2. The van der Waals surface area contributed by atoms with Crippen molar-refractivity contribution in [1.82, 2.24) is 10.2 Å². The van der Waals surface area contributed by atoms with Crippen molar-refractivity contribution in [2.45, 2.75) is 58.0 Å². The lowest BCUT2D eigenvalue weighted by atomic mass is 10.2. The topological polar surface area (TPSA) is 58.6 Å². The van der Waals surface area contributed by atoms with Gasteiger partial charge in [0.25, 0.3) is 0 Å². The van der Waals surface area contributed by atoms with Gasteiger partial charge in [-0.2, -0.15) is 0 Å². The third-order valence-electron chi connectivity index (χ3n) is 3.48. The van der Waals surface area contributed by atoms with Gasteiger partial charge in [-0.15, -0.1) is 0 Å². The average molecular weight is 270 g/mol. The number of rotatable bonds is 7. The molecular weight excluding hydrogens is 244 g/mol. The minimum Gasteiger partial charge on any atom is -0.468 e. The normalized spacial score (nSPS) is 16.1. The van der Waals surface area contributed by atoms with Crippen molar-refractivity contribution in [3.05, 3.63) is 0 Å². The lowest BCUT2D eigenvalue weighted by Gasteiger charge is -2.27. The fraction of sp³-hybridized carbons (Fsp3) is 0.857. The summed E-state index contributed by atoms with van der Waals surface area (Å²) in [5.74, 6) is -0.181. The van der Waals surface area contributed by atoms with Crippen molar-refractivity contribution in [3.8, 4) is 0 Å². The van der Waals surface area contributed by atoms with Crippen LogP contribution in [0.1, 0.15) is 46.0 Å². The minimum atomic E-state index is -0.226. The molecule has 1 amide bonds. The van der Waals surface area contributed by atoms with Crippen LogP contribution in [0.25, 0.3) is 0 Å². The third kappa shape index (κ3) is 6.05. The van der Waals surface area contributed by atoms with Gasteiger partial charge >= 0.3 is 5.97 Å². The number of carbonyl (C=O) groups is 2. The summed E-state index contributed by atoms with van der Waals surface area (Å²) >= 11 is 0. The number of ether oxygens (including phenoxy) is 1. The number of nitrogens with one attached hydrogen (secondary N) is 1. The Morgan fingerprint density at radius 3 is 2.47 bits per heavy atom. The second-order valence-electron chi connectivity index (χ2n) is 5.46. The van der Waals surface area contributed by atoms with Crippen molar-refractivity contribution in [1.29, 1.82) is 0 Å². The van der Waals surface area contributed by atoms with E-state index in [0.717, 1.165) is 12.8 Å². The lowest BCUT2D eigenvalue weighted by molar-refractivity contribution is -0.142. The molecule has 5 nitrogen and oxygen atoms in total. The first kappa shape index (κ1) is 16.0. The van der Waals surface area contributed by atoms with Gasteiger partial charge in [0.2, 0.25) is 5.91 Å². The van der Waals surface area contributed by atoms with E-state index in [4.69, 9.17) is 4.74 Å². The van der Waals surface area contributed by atoms with Crippen LogP contribution in [0.3, 0.4) is 0 Å². The summed E-state index contributed by atoms with van der Waals surface area (Å²) < 4.78 is 4.73. The van der Waals surface area contributed by atoms with E-state index in [0.29, 0.717) is 19.0 Å². The number of nitrogens with zero attached hydrogens (tertiary/aromatic N) is 1. The molecule has 110 valence electrons. The zero-order chi connectivity index (χ0) is 14.3. The number of hydrogen-bond acceptors (Lipinski definition) is 4. The minimum absolute atomic E-state index is 0.0443. The fourth-order valence-corrected chi connectivity index (χ4v) is 2.53. The Balaban J connectivity index is 2.44. The highest BCUT2D eigenvalue weighted by atomic mass is 16.5. The molecule has 0 bridgehead atoms. The molecule has 1 rings (SSSR count). The molecule has 0 spiro atoms. The molecule has 1 fully saturated rings. The lowest BCUT2D eigenvalue weighted by Crippen LogP contribution is -2.41. The summed E-state index contributed by atoms with van der Waals surface area (Å²) in [4.78, 5) is 25.2. The van der Waals surface area contributed by atoms with Crippen molar-refractivity contribution >= 4 is 11.9 Å². The smallest absolute Gasteiger partial charge is 0.319 e. The molecule has 0 aromatic rings. The maximum absolute atomic E-state index is 11.7. The van der Waals surface area contributed by atoms with Gasteiger partial charge in [0.15, 0.2) is 0 Å². The highest BCUT2D eigenvalue weighted by Crippen LogP contribution is 2.23. The molecule has 0 atom stereocenters. The van der Waals surface area contributed by atoms with Crippen LogP contribution in [0, 0.1) is 0 Å². The Labute approximate surface area is 115 Å². The van der Waals surface area contributed by atoms with Gasteiger partial charge in [-0.05, 0) is 26.7 Å². The summed E-state index contributed by atoms with van der Waals surface area (Å²) in [5.41, 5.74) is 0. The first-order chi connectivity index (χ1) is 9.02. The molecule has 0 aromatic heterocycles. The van der Waals surface area contributed by atoms with Crippen LogP contribution in [0.4, 0.5) is 0 Å². The van der Waals surface area contributed by atoms with Crippen LogP contribution >= 0.6 is 0 Å². The SMILES string of the molecule is COC(=O)CN(CCC(=O)NC(C)C)C1CCCC1. The van der Waals surface area contributed by atoms with E-state index >= 15 is 0 Å². The van der Waals surface area contributed by atoms with E-state index in [1.807, 2.05) is 13.8 Å². The van der Waals surface area contributed by atoms with Crippen molar-refractivity contribution < 1.29 is 14.3 Å². The van der Waals surface area contributed by atoms with Crippen molar-refractivity contribution in [2.75, 3.05) is 20.2 Å². The third-order valence-corrected chi connectivity index (χ3v) is 3.48. The predicted molar refractivity (Wildman–Crippen MR) is 73.7 cm³/mol. The van der Waals surface area contributed by atoms with Gasteiger partial charge in [0.1, 0.15) is 0 Å². The Morgan fingerprint density at radius 1 is 1.32 bits per heavy atom. The Morgan fingerprint density at radius 2 is 1.95 bits per heavy atom. The molecular formula is C14H26N2O3. The second kappa shape index (κ2) is 8.15. The molecule has 19 heavy (non-hydrogen) atoms. The van der Waals surface area contributed by atoms with Crippen LogP contribution < -0.4 is 5.32 Å². The molecule has 0 saturated heterocycles. The van der Waals surface area contributed by atoms with Gasteiger partial charge in [-0.3, -0.25) is 14.5 Å². The summed E-state index contributed by atoms with van der Waals surface area (Å²) in [6.45, 7) is 4.80. The molecule has 0 aromatic carbocycles. The molecule has 1 saturated carbocycles. The van der Waals surface area contributed by atoms with Gasteiger partial charge in [-0.25, -0.2) is 0 Å². The van der Waals surface area contributed by atoms with Gasteiger partial charge < -0.3 is 10.1 Å². The molecule has 0 aliphatic heterocycles. The van der Waals surface area contributed by atoms with Crippen LogP contribution in [0.2, 0.25) is 0 Å².